The monoisotopic (exact) mass is 372 g/mol. The molecular weight excluding hydrogens is 332 g/mol. The van der Waals surface area contributed by atoms with Gasteiger partial charge in [0.2, 0.25) is 0 Å². The summed E-state index contributed by atoms with van der Waals surface area (Å²) in [5, 5.41) is 0. The smallest absolute Gasteiger partial charge is 0.122 e. The van der Waals surface area contributed by atoms with Crippen molar-refractivity contribution in [3.63, 3.8) is 0 Å². The molecule has 27 heavy (non-hydrogen) atoms. The van der Waals surface area contributed by atoms with E-state index in [0.717, 1.165) is 18.8 Å². The molecule has 0 radical (unpaired) electrons. The molecule has 2 heteroatoms. The van der Waals surface area contributed by atoms with Crippen molar-refractivity contribution < 1.29 is 9.47 Å². The summed E-state index contributed by atoms with van der Waals surface area (Å²) < 4.78 is 11.1. The normalized spacial score (nSPS) is 16.1. The van der Waals surface area contributed by atoms with Crippen LogP contribution in [0.4, 0.5) is 0 Å². The second kappa shape index (κ2) is 14.7. The highest BCUT2D eigenvalue weighted by molar-refractivity contribution is 5.33. The number of rotatable bonds is 17. The van der Waals surface area contributed by atoms with E-state index in [1.807, 2.05) is 0 Å². The predicted molar refractivity (Wildman–Crippen MR) is 116 cm³/mol. The van der Waals surface area contributed by atoms with Crippen molar-refractivity contribution in [1.82, 2.24) is 0 Å². The molecule has 0 bridgehead atoms. The minimum Gasteiger partial charge on any atom is -0.491 e. The van der Waals surface area contributed by atoms with Gasteiger partial charge in [0.25, 0.3) is 0 Å². The van der Waals surface area contributed by atoms with Crippen LogP contribution in [0.25, 0.3) is 0 Å². The number of aryl methyl sites for hydroxylation is 1. The number of epoxide rings is 1. The molecule has 1 heterocycles. The zero-order valence-electron chi connectivity index (χ0n) is 17.5. The van der Waals surface area contributed by atoms with Crippen molar-refractivity contribution in [3.05, 3.63) is 42.0 Å². The van der Waals surface area contributed by atoms with Gasteiger partial charge in [0.05, 0.1) is 6.61 Å². The highest BCUT2D eigenvalue weighted by Gasteiger charge is 2.23. The molecule has 1 atom stereocenters. The fourth-order valence-corrected chi connectivity index (χ4v) is 3.41. The maximum Gasteiger partial charge on any atom is 0.122 e. The van der Waals surface area contributed by atoms with Crippen LogP contribution in [-0.4, -0.2) is 19.3 Å². The zero-order valence-corrected chi connectivity index (χ0v) is 17.5. The molecule has 2 nitrogen and oxygen atoms in total. The highest BCUT2D eigenvalue weighted by atomic mass is 16.6. The van der Waals surface area contributed by atoms with Crippen LogP contribution in [0.1, 0.15) is 89.5 Å². The summed E-state index contributed by atoms with van der Waals surface area (Å²) >= 11 is 0. The number of para-hydroxylation sites is 1. The van der Waals surface area contributed by atoms with Gasteiger partial charge in [-0.05, 0) is 50.2 Å². The van der Waals surface area contributed by atoms with Gasteiger partial charge in [-0.25, -0.2) is 0 Å². The molecule has 0 aliphatic carbocycles. The van der Waals surface area contributed by atoms with Gasteiger partial charge in [0.15, 0.2) is 0 Å². The van der Waals surface area contributed by atoms with E-state index in [2.05, 4.69) is 43.3 Å². The standard InChI is InChI=1S/C25H40O2/c1-2-3-4-5-6-7-8-9-10-11-12-13-14-15-18-23-19-16-17-20-25(23)27-22-24-21-26-24/h8-9,16-17,19-20,24H,2-7,10-15,18,21-22H2,1H3/b9-8+. The van der Waals surface area contributed by atoms with Crippen LogP contribution < -0.4 is 4.74 Å². The Morgan fingerprint density at radius 1 is 0.889 bits per heavy atom. The SMILES string of the molecule is CCCCCCC/C=C/CCCCCCCc1ccccc1OCC1CO1. The van der Waals surface area contributed by atoms with Crippen molar-refractivity contribution in [1.29, 1.82) is 0 Å². The lowest BCUT2D eigenvalue weighted by Crippen LogP contribution is -2.05. The van der Waals surface area contributed by atoms with E-state index in [9.17, 15) is 0 Å². The molecule has 1 fully saturated rings. The first-order chi connectivity index (χ1) is 13.4. The summed E-state index contributed by atoms with van der Waals surface area (Å²) in [6, 6.07) is 8.47. The van der Waals surface area contributed by atoms with Crippen LogP contribution in [-0.2, 0) is 11.2 Å². The van der Waals surface area contributed by atoms with Crippen LogP contribution in [0.2, 0.25) is 0 Å². The Morgan fingerprint density at radius 2 is 1.52 bits per heavy atom. The predicted octanol–water partition coefficient (Wildman–Crippen LogP) is 7.26. The van der Waals surface area contributed by atoms with Crippen molar-refractivity contribution in [2.24, 2.45) is 0 Å². The van der Waals surface area contributed by atoms with Gasteiger partial charge in [0, 0.05) is 0 Å². The Labute approximate surface area is 167 Å². The molecule has 152 valence electrons. The summed E-state index contributed by atoms with van der Waals surface area (Å²) in [6.45, 7) is 3.83. The Hall–Kier alpha value is -1.28. The molecule has 0 amide bonds. The van der Waals surface area contributed by atoms with Crippen LogP contribution in [0.5, 0.6) is 5.75 Å². The molecule has 0 saturated carbocycles. The lowest BCUT2D eigenvalue weighted by molar-refractivity contribution is 0.261. The quantitative estimate of drug-likeness (QED) is 0.163. The van der Waals surface area contributed by atoms with E-state index >= 15 is 0 Å². The third kappa shape index (κ3) is 11.2. The third-order valence-corrected chi connectivity index (χ3v) is 5.26. The Morgan fingerprint density at radius 3 is 2.22 bits per heavy atom. The number of unbranched alkanes of at least 4 members (excludes halogenated alkanes) is 10. The molecule has 1 aliphatic heterocycles. The number of ether oxygens (including phenoxy) is 2. The van der Waals surface area contributed by atoms with Crippen molar-refractivity contribution >= 4 is 0 Å². The first-order valence-corrected chi connectivity index (χ1v) is 11.4. The van der Waals surface area contributed by atoms with Crippen LogP contribution in [0, 0.1) is 0 Å². The number of allylic oxidation sites excluding steroid dienone is 2. The van der Waals surface area contributed by atoms with E-state index in [1.54, 1.807) is 0 Å². The van der Waals surface area contributed by atoms with Crippen LogP contribution in [0.3, 0.4) is 0 Å². The van der Waals surface area contributed by atoms with Crippen molar-refractivity contribution in [3.8, 4) is 5.75 Å². The lowest BCUT2D eigenvalue weighted by Gasteiger charge is -2.10. The minimum absolute atomic E-state index is 0.327. The molecule has 1 aliphatic rings. The van der Waals surface area contributed by atoms with Gasteiger partial charge in [-0.3, -0.25) is 0 Å². The average molecular weight is 373 g/mol. The van der Waals surface area contributed by atoms with E-state index in [1.165, 1.54) is 82.6 Å². The second-order valence-electron chi connectivity index (χ2n) is 7.85. The third-order valence-electron chi connectivity index (χ3n) is 5.26. The summed E-state index contributed by atoms with van der Waals surface area (Å²) in [6.07, 6.45) is 22.3. The average Bonchev–Trinajstić information content (AvgIpc) is 3.52. The summed E-state index contributed by atoms with van der Waals surface area (Å²) in [7, 11) is 0. The minimum atomic E-state index is 0.327. The topological polar surface area (TPSA) is 21.8 Å². The molecule has 1 aromatic carbocycles. The molecular formula is C25H40O2. The van der Waals surface area contributed by atoms with Gasteiger partial charge in [-0.1, -0.05) is 82.2 Å². The molecule has 1 unspecified atom stereocenters. The molecule has 1 saturated heterocycles. The first kappa shape index (κ1) is 22.0. The summed E-state index contributed by atoms with van der Waals surface area (Å²) in [4.78, 5) is 0. The van der Waals surface area contributed by atoms with Gasteiger partial charge >= 0.3 is 0 Å². The van der Waals surface area contributed by atoms with Crippen molar-refractivity contribution in [2.75, 3.05) is 13.2 Å². The maximum absolute atomic E-state index is 5.90. The summed E-state index contributed by atoms with van der Waals surface area (Å²) in [5.74, 6) is 1.05. The lowest BCUT2D eigenvalue weighted by atomic mass is 10.0. The fourth-order valence-electron chi connectivity index (χ4n) is 3.41. The molecule has 0 aromatic heterocycles. The van der Waals surface area contributed by atoms with Gasteiger partial charge < -0.3 is 9.47 Å². The number of hydrogen-bond donors (Lipinski definition) is 0. The summed E-state index contributed by atoms with van der Waals surface area (Å²) in [5.41, 5.74) is 1.35. The molecule has 1 aromatic rings. The largest absolute Gasteiger partial charge is 0.491 e. The van der Waals surface area contributed by atoms with Crippen LogP contribution >= 0.6 is 0 Å². The van der Waals surface area contributed by atoms with E-state index in [-0.39, 0.29) is 0 Å². The maximum atomic E-state index is 5.90. The first-order valence-electron chi connectivity index (χ1n) is 11.4. The van der Waals surface area contributed by atoms with E-state index < -0.39 is 0 Å². The fraction of sp³-hybridized carbons (Fsp3) is 0.680. The Balaban J connectivity index is 1.42. The zero-order chi connectivity index (χ0) is 19.0. The van der Waals surface area contributed by atoms with E-state index in [4.69, 9.17) is 9.47 Å². The van der Waals surface area contributed by atoms with Gasteiger partial charge in [-0.2, -0.15) is 0 Å². The van der Waals surface area contributed by atoms with Gasteiger partial charge in [-0.15, -0.1) is 0 Å². The number of benzene rings is 1. The Kier molecular flexibility index (Phi) is 12.0. The molecule has 2 rings (SSSR count). The van der Waals surface area contributed by atoms with Crippen molar-refractivity contribution in [2.45, 2.75) is 96.5 Å². The molecule has 0 N–H and O–H groups in total. The number of hydrogen-bond acceptors (Lipinski definition) is 2. The van der Waals surface area contributed by atoms with Crippen LogP contribution in [0.15, 0.2) is 36.4 Å². The van der Waals surface area contributed by atoms with E-state index in [0.29, 0.717) is 12.7 Å². The molecule has 0 spiro atoms. The Bertz CT molecular complexity index is 505. The van der Waals surface area contributed by atoms with Gasteiger partial charge in [0.1, 0.15) is 18.5 Å². The second-order valence-corrected chi connectivity index (χ2v) is 7.85. The highest BCUT2D eigenvalue weighted by Crippen LogP contribution is 2.22.